The molecule has 6 nitrogen and oxygen atoms in total. The average molecular weight is 263 g/mol. The van der Waals surface area contributed by atoms with E-state index in [1.807, 2.05) is 0 Å². The lowest BCUT2D eigenvalue weighted by molar-refractivity contribution is 0.0699. The largest absolute Gasteiger partial charge is 0.381 e. The standard InChI is InChI=1S/C13H21N5O/c14-13-17-11-1-4-15-8-10(11)12(18-13)16-7-9-2-5-19-6-3-9/h9,15H,1-8H2,(H3,14,16,17,18). The predicted molar refractivity (Wildman–Crippen MR) is 73.9 cm³/mol. The molecule has 1 aromatic rings. The van der Waals surface area contributed by atoms with Gasteiger partial charge >= 0.3 is 0 Å². The normalized spacial score (nSPS) is 20.0. The van der Waals surface area contributed by atoms with E-state index in [-0.39, 0.29) is 0 Å². The highest BCUT2D eigenvalue weighted by Gasteiger charge is 2.18. The van der Waals surface area contributed by atoms with E-state index in [9.17, 15) is 0 Å². The number of hydrogen-bond acceptors (Lipinski definition) is 6. The second-order valence-corrected chi connectivity index (χ2v) is 5.22. The van der Waals surface area contributed by atoms with E-state index >= 15 is 0 Å². The van der Waals surface area contributed by atoms with Crippen LogP contribution in [0.25, 0.3) is 0 Å². The van der Waals surface area contributed by atoms with Gasteiger partial charge in [0, 0.05) is 44.8 Å². The molecular weight excluding hydrogens is 242 g/mol. The van der Waals surface area contributed by atoms with Crippen molar-refractivity contribution in [3.63, 3.8) is 0 Å². The van der Waals surface area contributed by atoms with Gasteiger partial charge in [-0.15, -0.1) is 0 Å². The summed E-state index contributed by atoms with van der Waals surface area (Å²) in [5.41, 5.74) is 8.05. The number of anilines is 2. The molecule has 2 aliphatic heterocycles. The molecule has 0 saturated carbocycles. The minimum atomic E-state index is 0.370. The molecule has 1 aromatic heterocycles. The summed E-state index contributed by atoms with van der Waals surface area (Å²) < 4.78 is 5.38. The number of nitrogens with zero attached hydrogens (tertiary/aromatic N) is 2. The number of nitrogen functional groups attached to an aromatic ring is 1. The lowest BCUT2D eigenvalue weighted by Gasteiger charge is -2.24. The lowest BCUT2D eigenvalue weighted by Crippen LogP contribution is -2.28. The fraction of sp³-hybridized carbons (Fsp3) is 0.692. The van der Waals surface area contributed by atoms with E-state index < -0.39 is 0 Å². The molecular formula is C13H21N5O. The van der Waals surface area contributed by atoms with Crippen molar-refractivity contribution < 1.29 is 4.74 Å². The van der Waals surface area contributed by atoms with Gasteiger partial charge in [0.2, 0.25) is 5.95 Å². The smallest absolute Gasteiger partial charge is 0.222 e. The van der Waals surface area contributed by atoms with Gasteiger partial charge in [0.1, 0.15) is 5.82 Å². The number of nitrogens with two attached hydrogens (primary N) is 1. The fourth-order valence-corrected chi connectivity index (χ4v) is 2.70. The van der Waals surface area contributed by atoms with Crippen LogP contribution < -0.4 is 16.4 Å². The number of aromatic nitrogens is 2. The Kier molecular flexibility index (Phi) is 3.79. The summed E-state index contributed by atoms with van der Waals surface area (Å²) in [6.45, 7) is 4.47. The number of rotatable bonds is 3. The van der Waals surface area contributed by atoms with Gasteiger partial charge in [-0.2, -0.15) is 4.98 Å². The van der Waals surface area contributed by atoms with E-state index in [1.165, 1.54) is 5.56 Å². The van der Waals surface area contributed by atoms with Gasteiger partial charge < -0.3 is 21.1 Å². The molecule has 6 heteroatoms. The van der Waals surface area contributed by atoms with Crippen molar-refractivity contribution in [1.29, 1.82) is 0 Å². The molecule has 0 radical (unpaired) electrons. The molecule has 104 valence electrons. The van der Waals surface area contributed by atoms with Crippen LogP contribution in [0.4, 0.5) is 11.8 Å². The second kappa shape index (κ2) is 5.71. The van der Waals surface area contributed by atoms with Crippen molar-refractivity contribution in [3.8, 4) is 0 Å². The summed E-state index contributed by atoms with van der Waals surface area (Å²) in [7, 11) is 0. The van der Waals surface area contributed by atoms with Crippen LogP contribution in [0.3, 0.4) is 0 Å². The van der Waals surface area contributed by atoms with Gasteiger partial charge in [-0.05, 0) is 18.8 Å². The Morgan fingerprint density at radius 3 is 3.00 bits per heavy atom. The maximum atomic E-state index is 5.79. The van der Waals surface area contributed by atoms with Crippen LogP contribution >= 0.6 is 0 Å². The molecule has 2 aliphatic rings. The molecule has 0 spiro atoms. The van der Waals surface area contributed by atoms with Gasteiger partial charge in [0.15, 0.2) is 0 Å². The van der Waals surface area contributed by atoms with Crippen LogP contribution in [0, 0.1) is 5.92 Å². The Labute approximate surface area is 113 Å². The van der Waals surface area contributed by atoms with E-state index in [1.54, 1.807) is 0 Å². The molecule has 1 saturated heterocycles. The van der Waals surface area contributed by atoms with E-state index in [2.05, 4.69) is 20.6 Å². The highest BCUT2D eigenvalue weighted by molar-refractivity contribution is 5.50. The number of fused-ring (bicyclic) bond motifs is 1. The van der Waals surface area contributed by atoms with Crippen LogP contribution in [-0.4, -0.2) is 36.3 Å². The molecule has 3 heterocycles. The van der Waals surface area contributed by atoms with Crippen LogP contribution in [0.15, 0.2) is 0 Å². The van der Waals surface area contributed by atoms with Crippen LogP contribution in [-0.2, 0) is 17.7 Å². The summed E-state index contributed by atoms with van der Waals surface area (Å²) in [5.74, 6) is 1.94. The van der Waals surface area contributed by atoms with Crippen molar-refractivity contribution in [2.24, 2.45) is 5.92 Å². The molecule has 0 atom stereocenters. The summed E-state index contributed by atoms with van der Waals surface area (Å²) in [5, 5.41) is 6.81. The van der Waals surface area contributed by atoms with Crippen molar-refractivity contribution >= 4 is 11.8 Å². The number of nitrogens with one attached hydrogen (secondary N) is 2. The van der Waals surface area contributed by atoms with Gasteiger partial charge in [-0.25, -0.2) is 4.98 Å². The van der Waals surface area contributed by atoms with Gasteiger partial charge in [0.05, 0.1) is 5.69 Å². The van der Waals surface area contributed by atoms with E-state index in [0.29, 0.717) is 11.9 Å². The maximum Gasteiger partial charge on any atom is 0.222 e. The third kappa shape index (κ3) is 2.96. The third-order valence-corrected chi connectivity index (χ3v) is 3.85. The highest BCUT2D eigenvalue weighted by atomic mass is 16.5. The first kappa shape index (κ1) is 12.6. The minimum Gasteiger partial charge on any atom is -0.381 e. The molecule has 0 aromatic carbocycles. The van der Waals surface area contributed by atoms with Crippen molar-refractivity contribution in [2.75, 3.05) is 37.4 Å². The van der Waals surface area contributed by atoms with Crippen molar-refractivity contribution in [2.45, 2.75) is 25.8 Å². The van der Waals surface area contributed by atoms with Gasteiger partial charge in [0.25, 0.3) is 0 Å². The average Bonchev–Trinajstić information content (AvgIpc) is 2.45. The lowest BCUT2D eigenvalue weighted by atomic mass is 10.0. The summed E-state index contributed by atoms with van der Waals surface area (Å²) in [4.78, 5) is 8.69. The Bertz CT molecular complexity index is 445. The maximum absolute atomic E-state index is 5.79. The van der Waals surface area contributed by atoms with E-state index in [4.69, 9.17) is 10.5 Å². The zero-order valence-corrected chi connectivity index (χ0v) is 11.1. The quantitative estimate of drug-likeness (QED) is 0.738. The molecule has 0 amide bonds. The highest BCUT2D eigenvalue weighted by Crippen LogP contribution is 2.22. The first-order chi connectivity index (χ1) is 9.33. The summed E-state index contributed by atoms with van der Waals surface area (Å²) >= 11 is 0. The third-order valence-electron chi connectivity index (χ3n) is 3.85. The zero-order chi connectivity index (χ0) is 13.1. The first-order valence-corrected chi connectivity index (χ1v) is 7.00. The SMILES string of the molecule is Nc1nc2c(c(NCC3CCOCC3)n1)CNCC2. The second-order valence-electron chi connectivity index (χ2n) is 5.22. The van der Waals surface area contributed by atoms with Crippen LogP contribution in [0.2, 0.25) is 0 Å². The Morgan fingerprint density at radius 2 is 2.16 bits per heavy atom. The molecule has 4 N–H and O–H groups in total. The first-order valence-electron chi connectivity index (χ1n) is 7.00. The van der Waals surface area contributed by atoms with Crippen LogP contribution in [0.5, 0.6) is 0 Å². The summed E-state index contributed by atoms with van der Waals surface area (Å²) in [6, 6.07) is 0. The van der Waals surface area contributed by atoms with Gasteiger partial charge in [-0.3, -0.25) is 0 Å². The van der Waals surface area contributed by atoms with Crippen LogP contribution in [0.1, 0.15) is 24.1 Å². The molecule has 3 rings (SSSR count). The number of hydrogen-bond donors (Lipinski definition) is 3. The molecule has 1 fully saturated rings. The topological polar surface area (TPSA) is 85.1 Å². The molecule has 0 aliphatic carbocycles. The molecule has 0 bridgehead atoms. The predicted octanol–water partition coefficient (Wildman–Crippen LogP) is 0.543. The van der Waals surface area contributed by atoms with Crippen molar-refractivity contribution in [3.05, 3.63) is 11.3 Å². The zero-order valence-electron chi connectivity index (χ0n) is 11.1. The van der Waals surface area contributed by atoms with Gasteiger partial charge in [-0.1, -0.05) is 0 Å². The monoisotopic (exact) mass is 263 g/mol. The summed E-state index contributed by atoms with van der Waals surface area (Å²) in [6.07, 6.45) is 3.16. The minimum absolute atomic E-state index is 0.370. The molecule has 0 unspecified atom stereocenters. The fourth-order valence-electron chi connectivity index (χ4n) is 2.70. The van der Waals surface area contributed by atoms with E-state index in [0.717, 1.165) is 63.6 Å². The Hall–Kier alpha value is -1.40. The Balaban J connectivity index is 1.70. The van der Waals surface area contributed by atoms with Crippen molar-refractivity contribution in [1.82, 2.24) is 15.3 Å². The molecule has 19 heavy (non-hydrogen) atoms. The Morgan fingerprint density at radius 1 is 1.32 bits per heavy atom. The number of ether oxygens (including phenoxy) is 1.